The van der Waals surface area contributed by atoms with Gasteiger partial charge in [-0.2, -0.15) is 4.73 Å². The molecule has 0 atom stereocenters. The molecule has 0 aromatic carbocycles. The number of rotatable bonds is 4. The minimum absolute atomic E-state index is 0.132. The van der Waals surface area contributed by atoms with Crippen LogP contribution in [-0.2, 0) is 11.3 Å². The summed E-state index contributed by atoms with van der Waals surface area (Å²) >= 11 is 2.97. The van der Waals surface area contributed by atoms with Gasteiger partial charge in [-0.15, -0.1) is 22.7 Å². The lowest BCUT2D eigenvalue weighted by Crippen LogP contribution is -2.34. The molecule has 4 aromatic rings. The minimum atomic E-state index is -0.783. The molecule has 0 aliphatic rings. The van der Waals surface area contributed by atoms with Gasteiger partial charge in [0.25, 0.3) is 5.56 Å². The lowest BCUT2D eigenvalue weighted by Gasteiger charge is -2.05. The zero-order valence-electron chi connectivity index (χ0n) is 14.1. The summed E-state index contributed by atoms with van der Waals surface area (Å²) in [5.41, 5.74) is 0.432. The first-order chi connectivity index (χ1) is 13.0. The second-order valence-corrected chi connectivity index (χ2v) is 7.89. The van der Waals surface area contributed by atoms with E-state index in [9.17, 15) is 14.8 Å². The standard InChI is InChI=1S/C18H13N3O4S2/c1-10-5-6-13(27-10)11-9-26-17-15(11)16(22)19-14(20-17)8-25-18(23)12-4-2-3-7-21(12)24/h2-7,9H,8H2,1H3,(H,19,20,22). The summed E-state index contributed by atoms with van der Waals surface area (Å²) in [7, 11) is 0. The quantitative estimate of drug-likeness (QED) is 0.323. The van der Waals surface area contributed by atoms with Gasteiger partial charge in [-0.1, -0.05) is 0 Å². The molecule has 0 unspecified atom stereocenters. The molecule has 136 valence electrons. The molecule has 0 aliphatic carbocycles. The predicted molar refractivity (Wildman–Crippen MR) is 103 cm³/mol. The predicted octanol–water partition coefficient (Wildman–Crippen LogP) is 3.01. The zero-order chi connectivity index (χ0) is 19.0. The average molecular weight is 399 g/mol. The van der Waals surface area contributed by atoms with E-state index in [1.54, 1.807) is 17.4 Å². The van der Waals surface area contributed by atoms with Crippen molar-refractivity contribution in [1.82, 2.24) is 9.97 Å². The van der Waals surface area contributed by atoms with Gasteiger partial charge >= 0.3 is 11.7 Å². The lowest BCUT2D eigenvalue weighted by molar-refractivity contribution is -0.608. The van der Waals surface area contributed by atoms with Crippen LogP contribution in [0.2, 0.25) is 0 Å². The number of aryl methyl sites for hydroxylation is 1. The van der Waals surface area contributed by atoms with E-state index in [1.807, 2.05) is 24.4 Å². The number of carbonyl (C=O) groups is 1. The molecule has 0 saturated heterocycles. The zero-order valence-corrected chi connectivity index (χ0v) is 15.7. The molecular weight excluding hydrogens is 386 g/mol. The monoisotopic (exact) mass is 399 g/mol. The van der Waals surface area contributed by atoms with Crippen molar-refractivity contribution in [2.75, 3.05) is 0 Å². The lowest BCUT2D eigenvalue weighted by atomic mass is 10.2. The maximum atomic E-state index is 12.6. The SMILES string of the molecule is Cc1ccc(-c2csc3nc(COC(=O)c4cccc[n+]4[O-])[nH]c(=O)c23)s1. The number of pyridine rings is 1. The Morgan fingerprint density at radius 3 is 2.93 bits per heavy atom. The van der Waals surface area contributed by atoms with E-state index in [0.29, 0.717) is 14.9 Å². The fourth-order valence-electron chi connectivity index (χ4n) is 2.62. The topological polar surface area (TPSA) is 99.0 Å². The second-order valence-electron chi connectivity index (χ2n) is 5.74. The Kier molecular flexibility index (Phi) is 4.46. The number of aromatic nitrogens is 3. The van der Waals surface area contributed by atoms with Crippen molar-refractivity contribution in [3.8, 4) is 10.4 Å². The van der Waals surface area contributed by atoms with Crippen molar-refractivity contribution in [3.63, 3.8) is 0 Å². The van der Waals surface area contributed by atoms with Crippen molar-refractivity contribution in [3.05, 3.63) is 73.9 Å². The number of hydrogen-bond acceptors (Lipinski definition) is 7. The molecule has 0 spiro atoms. The Labute approximate surface area is 161 Å². The Morgan fingerprint density at radius 2 is 2.19 bits per heavy atom. The van der Waals surface area contributed by atoms with E-state index in [-0.39, 0.29) is 23.7 Å². The third-order valence-electron chi connectivity index (χ3n) is 3.87. The molecule has 4 aromatic heterocycles. The largest absolute Gasteiger partial charge is 0.618 e. The molecule has 9 heteroatoms. The van der Waals surface area contributed by atoms with Gasteiger partial charge in [0.2, 0.25) is 0 Å². The van der Waals surface area contributed by atoms with E-state index in [1.165, 1.54) is 29.7 Å². The van der Waals surface area contributed by atoms with Gasteiger partial charge in [-0.3, -0.25) is 4.79 Å². The van der Waals surface area contributed by atoms with Crippen molar-refractivity contribution < 1.29 is 14.3 Å². The summed E-state index contributed by atoms with van der Waals surface area (Å²) in [6.07, 6.45) is 1.21. The highest BCUT2D eigenvalue weighted by atomic mass is 32.1. The Morgan fingerprint density at radius 1 is 1.33 bits per heavy atom. The van der Waals surface area contributed by atoms with Crippen LogP contribution in [-0.4, -0.2) is 15.9 Å². The van der Waals surface area contributed by atoms with Crippen LogP contribution < -0.4 is 10.3 Å². The highest BCUT2D eigenvalue weighted by Crippen LogP contribution is 2.34. The summed E-state index contributed by atoms with van der Waals surface area (Å²) in [4.78, 5) is 34.4. The fourth-order valence-corrected chi connectivity index (χ4v) is 4.54. The van der Waals surface area contributed by atoms with Crippen molar-refractivity contribution >= 4 is 38.9 Å². The van der Waals surface area contributed by atoms with Crippen LogP contribution in [0.5, 0.6) is 0 Å². The van der Waals surface area contributed by atoms with E-state index < -0.39 is 5.97 Å². The summed E-state index contributed by atoms with van der Waals surface area (Å²) in [5.74, 6) is -0.556. The first-order valence-electron chi connectivity index (χ1n) is 7.95. The Hall–Kier alpha value is -3.04. The molecule has 0 radical (unpaired) electrons. The summed E-state index contributed by atoms with van der Waals surface area (Å²) < 4.78 is 5.53. The van der Waals surface area contributed by atoms with Crippen molar-refractivity contribution in [2.45, 2.75) is 13.5 Å². The number of esters is 1. The fraction of sp³-hybridized carbons (Fsp3) is 0.111. The van der Waals surface area contributed by atoms with Crippen LogP contribution in [0.25, 0.3) is 20.7 Å². The number of aromatic amines is 1. The molecule has 27 heavy (non-hydrogen) atoms. The first-order valence-corrected chi connectivity index (χ1v) is 9.65. The number of ether oxygens (including phenoxy) is 1. The van der Waals surface area contributed by atoms with Gasteiger partial charge in [0.15, 0.2) is 6.20 Å². The number of H-pyrrole nitrogens is 1. The molecule has 0 fully saturated rings. The normalized spacial score (nSPS) is 11.0. The maximum absolute atomic E-state index is 12.6. The van der Waals surface area contributed by atoms with Crippen molar-refractivity contribution in [2.24, 2.45) is 0 Å². The van der Waals surface area contributed by atoms with Gasteiger partial charge < -0.3 is 14.9 Å². The molecule has 0 bridgehead atoms. The number of hydrogen-bond donors (Lipinski definition) is 1. The molecule has 1 N–H and O–H groups in total. The van der Waals surface area contributed by atoms with Gasteiger partial charge in [-0.25, -0.2) is 9.78 Å². The van der Waals surface area contributed by atoms with Crippen LogP contribution in [0, 0.1) is 12.1 Å². The summed E-state index contributed by atoms with van der Waals surface area (Å²) in [5, 5.41) is 14.0. The van der Waals surface area contributed by atoms with E-state index >= 15 is 0 Å². The van der Waals surface area contributed by atoms with Crippen LogP contribution >= 0.6 is 22.7 Å². The van der Waals surface area contributed by atoms with Crippen LogP contribution in [0.15, 0.2) is 46.7 Å². The molecule has 7 nitrogen and oxygen atoms in total. The maximum Gasteiger partial charge on any atom is 0.405 e. The van der Waals surface area contributed by atoms with Crippen LogP contribution in [0.3, 0.4) is 0 Å². The van der Waals surface area contributed by atoms with Crippen molar-refractivity contribution in [1.29, 1.82) is 0 Å². The third-order valence-corrected chi connectivity index (χ3v) is 5.78. The second kappa shape index (κ2) is 6.93. The highest BCUT2D eigenvalue weighted by molar-refractivity contribution is 7.19. The van der Waals surface area contributed by atoms with E-state index in [2.05, 4.69) is 9.97 Å². The number of carbonyl (C=O) groups excluding carboxylic acids is 1. The van der Waals surface area contributed by atoms with Gasteiger partial charge in [0, 0.05) is 32.8 Å². The molecule has 4 heterocycles. The van der Waals surface area contributed by atoms with E-state index in [4.69, 9.17) is 4.74 Å². The van der Waals surface area contributed by atoms with Gasteiger partial charge in [0.1, 0.15) is 17.3 Å². The highest BCUT2D eigenvalue weighted by Gasteiger charge is 2.18. The van der Waals surface area contributed by atoms with Gasteiger partial charge in [-0.05, 0) is 25.1 Å². The number of thiophene rings is 2. The first kappa shape index (κ1) is 17.4. The minimum Gasteiger partial charge on any atom is -0.618 e. The molecular formula is C18H13N3O4S2. The number of nitrogens with one attached hydrogen (secondary N) is 1. The smallest absolute Gasteiger partial charge is 0.405 e. The van der Waals surface area contributed by atoms with Gasteiger partial charge in [0.05, 0.1) is 5.39 Å². The molecule has 0 amide bonds. The third kappa shape index (κ3) is 3.34. The molecule has 4 rings (SSSR count). The molecule has 0 aliphatic heterocycles. The van der Waals surface area contributed by atoms with E-state index in [0.717, 1.165) is 15.3 Å². The molecule has 0 saturated carbocycles. The summed E-state index contributed by atoms with van der Waals surface area (Å²) in [6, 6.07) is 8.43. The van der Waals surface area contributed by atoms with Crippen LogP contribution in [0.4, 0.5) is 0 Å². The Bertz CT molecular complexity index is 1210. The van der Waals surface area contributed by atoms with Crippen LogP contribution in [0.1, 0.15) is 21.2 Å². The average Bonchev–Trinajstić information content (AvgIpc) is 3.26. The number of nitrogens with zero attached hydrogens (tertiary/aromatic N) is 2. The Balaban J connectivity index is 1.60. The number of fused-ring (bicyclic) bond motifs is 1. The summed E-state index contributed by atoms with van der Waals surface area (Å²) in [6.45, 7) is 1.78.